The second kappa shape index (κ2) is 6.02. The molecular formula is C18H22N4O2. The smallest absolute Gasteiger partial charge is 0.230 e. The summed E-state index contributed by atoms with van der Waals surface area (Å²) in [4.78, 5) is 26.1. The van der Waals surface area contributed by atoms with Gasteiger partial charge in [0.2, 0.25) is 5.91 Å². The molecule has 1 N–H and O–H groups in total. The number of anilines is 1. The molecule has 0 aliphatic carbocycles. The molecule has 0 radical (unpaired) electrons. The molecule has 0 saturated carbocycles. The highest BCUT2D eigenvalue weighted by molar-refractivity contribution is 5.85. The van der Waals surface area contributed by atoms with Crippen molar-refractivity contribution in [2.45, 2.75) is 19.3 Å². The van der Waals surface area contributed by atoms with Crippen LogP contribution in [-0.4, -0.2) is 58.7 Å². The number of aromatic nitrogens is 2. The van der Waals surface area contributed by atoms with Crippen LogP contribution in [0, 0.1) is 5.41 Å². The summed E-state index contributed by atoms with van der Waals surface area (Å²) in [6, 6.07) is 7.84. The zero-order valence-electron chi connectivity index (χ0n) is 13.7. The third-order valence-corrected chi connectivity index (χ3v) is 5.31. The van der Waals surface area contributed by atoms with Crippen molar-refractivity contribution < 1.29 is 9.90 Å². The van der Waals surface area contributed by atoms with E-state index in [9.17, 15) is 9.90 Å². The Morgan fingerprint density at radius 2 is 2.00 bits per heavy atom. The highest BCUT2D eigenvalue weighted by atomic mass is 16.3. The maximum absolute atomic E-state index is 12.9. The average molecular weight is 326 g/mol. The van der Waals surface area contributed by atoms with Gasteiger partial charge in [-0.3, -0.25) is 9.78 Å². The van der Waals surface area contributed by atoms with Crippen molar-refractivity contribution in [2.24, 2.45) is 5.41 Å². The Hall–Kier alpha value is -2.21. The monoisotopic (exact) mass is 326 g/mol. The molecule has 6 heteroatoms. The summed E-state index contributed by atoms with van der Waals surface area (Å²) in [7, 11) is 0. The van der Waals surface area contributed by atoms with Crippen molar-refractivity contribution >= 4 is 22.8 Å². The third-order valence-electron chi connectivity index (χ3n) is 5.31. The molecule has 24 heavy (non-hydrogen) atoms. The average Bonchev–Trinajstić information content (AvgIpc) is 3.04. The van der Waals surface area contributed by atoms with Crippen LogP contribution in [0.25, 0.3) is 11.0 Å². The number of amides is 1. The fourth-order valence-corrected chi connectivity index (χ4v) is 4.03. The molecule has 1 aromatic heterocycles. The SMILES string of the molecule is O=C1N(CCO)CCC[C@]12CCN(c1cnc3ccccc3n1)C2. The van der Waals surface area contributed by atoms with Crippen LogP contribution in [0.4, 0.5) is 5.82 Å². The number of hydrogen-bond acceptors (Lipinski definition) is 5. The third kappa shape index (κ3) is 2.51. The lowest BCUT2D eigenvalue weighted by Gasteiger charge is -2.39. The van der Waals surface area contributed by atoms with Gasteiger partial charge in [0, 0.05) is 26.2 Å². The Balaban J connectivity index is 1.57. The van der Waals surface area contributed by atoms with Crippen LogP contribution in [0.1, 0.15) is 19.3 Å². The van der Waals surface area contributed by atoms with Gasteiger partial charge in [-0.1, -0.05) is 12.1 Å². The number of para-hydroxylation sites is 2. The predicted molar refractivity (Wildman–Crippen MR) is 91.7 cm³/mol. The van der Waals surface area contributed by atoms with Gasteiger partial charge >= 0.3 is 0 Å². The number of aliphatic hydroxyl groups is 1. The van der Waals surface area contributed by atoms with Gasteiger partial charge in [-0.2, -0.15) is 0 Å². The molecule has 6 nitrogen and oxygen atoms in total. The van der Waals surface area contributed by atoms with E-state index in [0.29, 0.717) is 13.1 Å². The zero-order valence-corrected chi connectivity index (χ0v) is 13.7. The molecule has 2 aliphatic rings. The Morgan fingerprint density at radius 3 is 2.83 bits per heavy atom. The molecule has 1 spiro atoms. The quantitative estimate of drug-likeness (QED) is 0.924. The van der Waals surface area contributed by atoms with Gasteiger partial charge in [0.15, 0.2) is 0 Å². The van der Waals surface area contributed by atoms with Crippen molar-refractivity contribution in [1.29, 1.82) is 0 Å². The molecule has 126 valence electrons. The number of β-amino-alcohol motifs (C(OH)–C–C–N with tert-alkyl or cyclic N) is 1. The largest absolute Gasteiger partial charge is 0.395 e. The fourth-order valence-electron chi connectivity index (χ4n) is 4.03. The van der Waals surface area contributed by atoms with E-state index in [1.165, 1.54) is 0 Å². The molecule has 4 rings (SSSR count). The molecule has 2 aliphatic heterocycles. The second-order valence-corrected chi connectivity index (χ2v) is 6.79. The van der Waals surface area contributed by atoms with E-state index in [1.54, 1.807) is 6.20 Å². The van der Waals surface area contributed by atoms with Crippen molar-refractivity contribution in [3.05, 3.63) is 30.5 Å². The zero-order chi connectivity index (χ0) is 16.6. The first kappa shape index (κ1) is 15.3. The normalized spacial score (nSPS) is 24.3. The molecule has 0 bridgehead atoms. The van der Waals surface area contributed by atoms with E-state index in [-0.39, 0.29) is 17.9 Å². The van der Waals surface area contributed by atoms with Gasteiger partial charge in [0.05, 0.1) is 29.3 Å². The summed E-state index contributed by atoms with van der Waals surface area (Å²) in [5, 5.41) is 9.18. The molecule has 1 aromatic carbocycles. The molecule has 2 saturated heterocycles. The van der Waals surface area contributed by atoms with Crippen molar-refractivity contribution in [3.63, 3.8) is 0 Å². The van der Waals surface area contributed by atoms with Crippen molar-refractivity contribution in [2.75, 3.05) is 37.7 Å². The highest BCUT2D eigenvalue weighted by Crippen LogP contribution is 2.41. The summed E-state index contributed by atoms with van der Waals surface area (Å²) in [5.74, 6) is 1.04. The van der Waals surface area contributed by atoms with Crippen LogP contribution in [0.5, 0.6) is 0 Å². The molecule has 0 unspecified atom stereocenters. The molecule has 1 atom stereocenters. The van der Waals surface area contributed by atoms with Crippen LogP contribution < -0.4 is 4.90 Å². The number of likely N-dealkylation sites (tertiary alicyclic amines) is 1. The highest BCUT2D eigenvalue weighted by Gasteiger charge is 2.48. The lowest BCUT2D eigenvalue weighted by atomic mass is 9.78. The first-order valence-corrected chi connectivity index (χ1v) is 8.59. The Bertz CT molecular complexity index is 764. The maximum atomic E-state index is 12.9. The van der Waals surface area contributed by atoms with Crippen molar-refractivity contribution in [1.82, 2.24) is 14.9 Å². The van der Waals surface area contributed by atoms with E-state index in [1.807, 2.05) is 29.2 Å². The Kier molecular flexibility index (Phi) is 3.84. The van der Waals surface area contributed by atoms with Gasteiger partial charge in [0.1, 0.15) is 5.82 Å². The standard InChI is InChI=1S/C18H22N4O2/c23-11-10-21-8-3-6-18(17(21)24)7-9-22(13-18)16-12-19-14-4-1-2-5-15(14)20-16/h1-2,4-5,12,23H,3,6-11,13H2/t18-/m1/s1. The van der Waals surface area contributed by atoms with E-state index in [0.717, 1.165) is 49.2 Å². The predicted octanol–water partition coefficient (Wildman–Crippen LogP) is 1.44. The number of rotatable bonds is 3. The maximum Gasteiger partial charge on any atom is 0.230 e. The molecule has 3 heterocycles. The number of fused-ring (bicyclic) bond motifs is 1. The first-order valence-electron chi connectivity index (χ1n) is 8.59. The van der Waals surface area contributed by atoms with Crippen LogP contribution in [-0.2, 0) is 4.79 Å². The lowest BCUT2D eigenvalue weighted by molar-refractivity contribution is -0.145. The van der Waals surface area contributed by atoms with E-state index in [4.69, 9.17) is 4.98 Å². The van der Waals surface area contributed by atoms with Gasteiger partial charge < -0.3 is 14.9 Å². The second-order valence-electron chi connectivity index (χ2n) is 6.79. The minimum absolute atomic E-state index is 0.0294. The lowest BCUT2D eigenvalue weighted by Crippen LogP contribution is -2.50. The molecule has 1 amide bonds. The van der Waals surface area contributed by atoms with Gasteiger partial charge in [0.25, 0.3) is 0 Å². The van der Waals surface area contributed by atoms with Gasteiger partial charge in [-0.15, -0.1) is 0 Å². The van der Waals surface area contributed by atoms with E-state index in [2.05, 4.69) is 9.88 Å². The number of aliphatic hydroxyl groups excluding tert-OH is 1. The van der Waals surface area contributed by atoms with Crippen molar-refractivity contribution in [3.8, 4) is 0 Å². The summed E-state index contributed by atoms with van der Waals surface area (Å²) in [6.07, 6.45) is 4.58. The van der Waals surface area contributed by atoms with Gasteiger partial charge in [-0.05, 0) is 31.4 Å². The minimum Gasteiger partial charge on any atom is -0.395 e. The summed E-state index contributed by atoms with van der Waals surface area (Å²) in [6.45, 7) is 2.75. The van der Waals surface area contributed by atoms with Gasteiger partial charge in [-0.25, -0.2) is 4.98 Å². The Labute approximate surface area is 141 Å². The van der Waals surface area contributed by atoms with Crippen LogP contribution in [0.3, 0.4) is 0 Å². The van der Waals surface area contributed by atoms with Crippen LogP contribution >= 0.6 is 0 Å². The van der Waals surface area contributed by atoms with Crippen LogP contribution in [0.15, 0.2) is 30.5 Å². The van der Waals surface area contributed by atoms with E-state index < -0.39 is 0 Å². The topological polar surface area (TPSA) is 69.6 Å². The molecule has 2 aromatic rings. The van der Waals surface area contributed by atoms with Crippen LogP contribution in [0.2, 0.25) is 0 Å². The molecular weight excluding hydrogens is 304 g/mol. The number of hydrogen-bond donors (Lipinski definition) is 1. The number of nitrogens with zero attached hydrogens (tertiary/aromatic N) is 4. The first-order chi connectivity index (χ1) is 11.7. The number of piperidine rings is 1. The fraction of sp³-hybridized carbons (Fsp3) is 0.500. The summed E-state index contributed by atoms with van der Waals surface area (Å²) >= 11 is 0. The number of carbonyl (C=O) groups excluding carboxylic acids is 1. The summed E-state index contributed by atoms with van der Waals surface area (Å²) in [5.41, 5.74) is 1.45. The molecule has 2 fully saturated rings. The Morgan fingerprint density at radius 1 is 1.17 bits per heavy atom. The summed E-state index contributed by atoms with van der Waals surface area (Å²) < 4.78 is 0. The number of benzene rings is 1. The number of carbonyl (C=O) groups is 1. The minimum atomic E-state index is -0.319. The van der Waals surface area contributed by atoms with E-state index >= 15 is 0 Å².